The van der Waals surface area contributed by atoms with Gasteiger partial charge in [0.1, 0.15) is 4.90 Å². The van der Waals surface area contributed by atoms with Crippen molar-refractivity contribution in [3.8, 4) is 0 Å². The third-order valence-electron chi connectivity index (χ3n) is 5.44. The third-order valence-corrected chi connectivity index (χ3v) is 7.34. The van der Waals surface area contributed by atoms with Crippen molar-refractivity contribution in [2.24, 2.45) is 7.05 Å². The predicted octanol–water partition coefficient (Wildman–Crippen LogP) is 2.36. The molecule has 3 N–H and O–H groups in total. The van der Waals surface area contributed by atoms with Crippen molar-refractivity contribution in [2.45, 2.75) is 23.8 Å². The van der Waals surface area contributed by atoms with Crippen LogP contribution in [0.5, 0.6) is 0 Å². The van der Waals surface area contributed by atoms with E-state index in [1.54, 1.807) is 6.20 Å². The van der Waals surface area contributed by atoms with Crippen LogP contribution in [0.15, 0.2) is 53.6 Å². The topological polar surface area (TPSA) is 119 Å². The molecule has 1 saturated heterocycles. The van der Waals surface area contributed by atoms with Gasteiger partial charge in [0.25, 0.3) is 11.8 Å². The maximum absolute atomic E-state index is 12.7. The van der Waals surface area contributed by atoms with Gasteiger partial charge in [-0.15, -0.1) is 0 Å². The molecule has 0 spiro atoms. The fraction of sp³-hybridized carbons (Fsp3) is 0.273. The van der Waals surface area contributed by atoms with E-state index in [-0.39, 0.29) is 28.1 Å². The highest BCUT2D eigenvalue weighted by Gasteiger charge is 2.24. The molecule has 2 amide bonds. The van der Waals surface area contributed by atoms with Crippen LogP contribution < -0.4 is 15.6 Å². The highest BCUT2D eigenvalue weighted by molar-refractivity contribution is 7.89. The number of nitrogens with one attached hydrogen (secondary N) is 3. The summed E-state index contributed by atoms with van der Waals surface area (Å²) in [5.41, 5.74) is 5.98. The van der Waals surface area contributed by atoms with Crippen molar-refractivity contribution < 1.29 is 22.7 Å². The second-order valence-electron chi connectivity index (χ2n) is 7.71. The normalized spacial score (nSPS) is 16.1. The number of nitrogens with zero attached hydrogens (tertiary/aromatic N) is 1. The molecule has 1 fully saturated rings. The van der Waals surface area contributed by atoms with Gasteiger partial charge in [0.2, 0.25) is 10.0 Å². The van der Waals surface area contributed by atoms with Crippen molar-refractivity contribution in [3.05, 3.63) is 64.8 Å². The standard InChI is InChI=1S/C22H23ClN4O5S/c1-27-13-17(16-6-2-3-7-19(16)27)22(29)26-25-21(28)14-8-9-18(23)20(11-14)33(30,31)24-12-15-5-4-10-32-15/h2-3,6-9,11,13,15,24H,4-5,10,12H2,1H3,(H,25,28)(H,26,29). The molecule has 2 heterocycles. The van der Waals surface area contributed by atoms with Gasteiger partial charge >= 0.3 is 0 Å². The summed E-state index contributed by atoms with van der Waals surface area (Å²) in [7, 11) is -2.14. The summed E-state index contributed by atoms with van der Waals surface area (Å²) in [6.45, 7) is 0.726. The molecule has 0 saturated carbocycles. The number of aryl methyl sites for hydroxylation is 1. The third kappa shape index (κ3) is 5.03. The van der Waals surface area contributed by atoms with Crippen molar-refractivity contribution in [2.75, 3.05) is 13.2 Å². The first kappa shape index (κ1) is 23.2. The molecule has 1 aliphatic heterocycles. The van der Waals surface area contributed by atoms with Gasteiger partial charge in [-0.25, -0.2) is 13.1 Å². The molecule has 33 heavy (non-hydrogen) atoms. The van der Waals surface area contributed by atoms with Crippen LogP contribution in [0.4, 0.5) is 0 Å². The van der Waals surface area contributed by atoms with Crippen LogP contribution in [0.2, 0.25) is 5.02 Å². The Hall–Kier alpha value is -2.92. The number of carbonyl (C=O) groups excluding carboxylic acids is 2. The van der Waals surface area contributed by atoms with Crippen molar-refractivity contribution >= 4 is 44.3 Å². The Morgan fingerprint density at radius 3 is 2.67 bits per heavy atom. The number of fused-ring (bicyclic) bond motifs is 1. The van der Waals surface area contributed by atoms with Crippen LogP contribution in [0.25, 0.3) is 10.9 Å². The molecular weight excluding hydrogens is 468 g/mol. The first-order valence-electron chi connectivity index (χ1n) is 10.3. The second kappa shape index (κ2) is 9.52. The second-order valence-corrected chi connectivity index (χ2v) is 9.85. The summed E-state index contributed by atoms with van der Waals surface area (Å²) in [4.78, 5) is 25.0. The number of amides is 2. The van der Waals surface area contributed by atoms with Crippen molar-refractivity contribution in [3.63, 3.8) is 0 Å². The number of hydrogen-bond acceptors (Lipinski definition) is 5. The van der Waals surface area contributed by atoms with Crippen LogP contribution >= 0.6 is 11.6 Å². The summed E-state index contributed by atoms with van der Waals surface area (Å²) in [5, 5.41) is 0.718. The number of hydrazine groups is 1. The highest BCUT2D eigenvalue weighted by atomic mass is 35.5. The Morgan fingerprint density at radius 2 is 1.91 bits per heavy atom. The minimum atomic E-state index is -3.96. The predicted molar refractivity (Wildman–Crippen MR) is 123 cm³/mol. The zero-order valence-electron chi connectivity index (χ0n) is 17.8. The maximum atomic E-state index is 12.7. The molecular formula is C22H23ClN4O5S. The summed E-state index contributed by atoms with van der Waals surface area (Å²) >= 11 is 6.09. The lowest BCUT2D eigenvalue weighted by Gasteiger charge is -2.13. The number of ether oxygens (including phenoxy) is 1. The van der Waals surface area contributed by atoms with E-state index in [0.717, 1.165) is 23.7 Å². The van der Waals surface area contributed by atoms with Gasteiger partial charge in [0, 0.05) is 42.9 Å². The average Bonchev–Trinajstić information content (AvgIpc) is 3.44. The zero-order valence-corrected chi connectivity index (χ0v) is 19.4. The minimum Gasteiger partial charge on any atom is -0.377 e. The molecule has 0 radical (unpaired) electrons. The quantitative estimate of drug-likeness (QED) is 0.458. The lowest BCUT2D eigenvalue weighted by Crippen LogP contribution is -2.41. The Labute approximate surface area is 196 Å². The van der Waals surface area contributed by atoms with Gasteiger partial charge in [-0.05, 0) is 37.1 Å². The van der Waals surface area contributed by atoms with E-state index in [9.17, 15) is 18.0 Å². The summed E-state index contributed by atoms with van der Waals surface area (Å²) in [6, 6.07) is 11.2. The molecule has 2 aromatic carbocycles. The number of carbonyl (C=O) groups is 2. The minimum absolute atomic E-state index is 0.0221. The lowest BCUT2D eigenvalue weighted by atomic mass is 10.2. The summed E-state index contributed by atoms with van der Waals surface area (Å²) < 4.78 is 35.1. The van der Waals surface area contributed by atoms with Gasteiger partial charge in [-0.2, -0.15) is 0 Å². The molecule has 0 aliphatic carbocycles. The molecule has 0 bridgehead atoms. The van der Waals surface area contributed by atoms with E-state index in [4.69, 9.17) is 16.3 Å². The molecule has 1 aliphatic rings. The van der Waals surface area contributed by atoms with Crippen LogP contribution in [-0.2, 0) is 21.8 Å². The van der Waals surface area contributed by atoms with Crippen molar-refractivity contribution in [1.82, 2.24) is 20.1 Å². The Balaban J connectivity index is 1.45. The van der Waals surface area contributed by atoms with Crippen LogP contribution in [-0.4, -0.2) is 44.1 Å². The fourth-order valence-corrected chi connectivity index (χ4v) is 5.30. The first-order valence-corrected chi connectivity index (χ1v) is 12.2. The number of hydrogen-bond donors (Lipinski definition) is 3. The van der Waals surface area contributed by atoms with Gasteiger partial charge in [0.05, 0.1) is 16.7 Å². The Kier molecular flexibility index (Phi) is 6.71. The maximum Gasteiger partial charge on any atom is 0.271 e. The van der Waals surface area contributed by atoms with Crippen LogP contribution in [0, 0.1) is 0 Å². The monoisotopic (exact) mass is 490 g/mol. The molecule has 11 heteroatoms. The van der Waals surface area contributed by atoms with E-state index < -0.39 is 21.8 Å². The van der Waals surface area contributed by atoms with E-state index >= 15 is 0 Å². The summed E-state index contributed by atoms with van der Waals surface area (Å²) in [6.07, 6.45) is 3.13. The van der Waals surface area contributed by atoms with E-state index in [1.807, 2.05) is 35.9 Å². The van der Waals surface area contributed by atoms with Gasteiger partial charge in [-0.1, -0.05) is 29.8 Å². The molecule has 174 valence electrons. The average molecular weight is 491 g/mol. The number of rotatable bonds is 6. The number of sulfonamides is 1. The lowest BCUT2D eigenvalue weighted by molar-refractivity contribution is 0.0847. The zero-order chi connectivity index (χ0) is 23.6. The Bertz CT molecular complexity index is 1320. The largest absolute Gasteiger partial charge is 0.377 e. The SMILES string of the molecule is Cn1cc(C(=O)NNC(=O)c2ccc(Cl)c(S(=O)(=O)NCC3CCCO3)c2)c2ccccc21. The number of aromatic nitrogens is 1. The smallest absolute Gasteiger partial charge is 0.271 e. The first-order chi connectivity index (χ1) is 15.8. The van der Waals surface area contributed by atoms with E-state index in [1.165, 1.54) is 18.2 Å². The van der Waals surface area contributed by atoms with Crippen LogP contribution in [0.1, 0.15) is 33.6 Å². The molecule has 1 unspecified atom stereocenters. The number of benzene rings is 2. The van der Waals surface area contributed by atoms with E-state index in [2.05, 4.69) is 15.6 Å². The molecule has 1 atom stereocenters. The molecule has 3 aromatic rings. The van der Waals surface area contributed by atoms with Crippen molar-refractivity contribution in [1.29, 1.82) is 0 Å². The highest BCUT2D eigenvalue weighted by Crippen LogP contribution is 2.23. The van der Waals surface area contributed by atoms with E-state index in [0.29, 0.717) is 12.2 Å². The molecule has 9 nitrogen and oxygen atoms in total. The number of para-hydroxylation sites is 1. The molecule has 1 aromatic heterocycles. The van der Waals surface area contributed by atoms with Crippen LogP contribution in [0.3, 0.4) is 0 Å². The van der Waals surface area contributed by atoms with Gasteiger partial charge < -0.3 is 9.30 Å². The summed E-state index contributed by atoms with van der Waals surface area (Å²) in [5.74, 6) is -1.18. The molecule has 4 rings (SSSR count). The fourth-order valence-electron chi connectivity index (χ4n) is 3.71. The Morgan fingerprint density at radius 1 is 1.15 bits per heavy atom. The van der Waals surface area contributed by atoms with Gasteiger partial charge in [-0.3, -0.25) is 20.4 Å². The van der Waals surface area contributed by atoms with Gasteiger partial charge in [0.15, 0.2) is 0 Å². The number of halogens is 1.